The molecule has 0 radical (unpaired) electrons. The van der Waals surface area contributed by atoms with Crippen molar-refractivity contribution in [3.63, 3.8) is 0 Å². The predicted octanol–water partition coefficient (Wildman–Crippen LogP) is 4.25. The van der Waals surface area contributed by atoms with Crippen LogP contribution in [0.4, 0.5) is 5.69 Å². The second-order valence-electron chi connectivity index (χ2n) is 7.51. The SMILES string of the molecule is Cc1ccc(OCCN2C(=O)C(O)(CC(=O)c3ccc(C)s3)c3ccccc32)cc1. The van der Waals surface area contributed by atoms with Gasteiger partial charge in [0, 0.05) is 10.4 Å². The van der Waals surface area contributed by atoms with Crippen molar-refractivity contribution >= 4 is 28.7 Å². The lowest BCUT2D eigenvalue weighted by Gasteiger charge is -2.22. The molecule has 5 nitrogen and oxygen atoms in total. The van der Waals surface area contributed by atoms with Crippen LogP contribution >= 0.6 is 11.3 Å². The number of Topliss-reactive ketones (excluding diaryl/α,β-unsaturated/α-hetero) is 1. The first-order valence-corrected chi connectivity index (χ1v) is 10.6. The summed E-state index contributed by atoms with van der Waals surface area (Å²) in [5, 5.41) is 11.3. The minimum Gasteiger partial charge on any atom is -0.492 e. The zero-order valence-electron chi connectivity index (χ0n) is 16.9. The van der Waals surface area contributed by atoms with Crippen LogP contribution in [0.5, 0.6) is 5.75 Å². The molecule has 30 heavy (non-hydrogen) atoms. The van der Waals surface area contributed by atoms with Crippen LogP contribution in [0.3, 0.4) is 0 Å². The molecular weight excluding hydrogens is 398 g/mol. The lowest BCUT2D eigenvalue weighted by molar-refractivity contribution is -0.135. The Bertz CT molecular complexity index is 1090. The van der Waals surface area contributed by atoms with Gasteiger partial charge in [0.05, 0.1) is 23.5 Å². The maximum Gasteiger partial charge on any atom is 0.264 e. The molecule has 1 aliphatic heterocycles. The summed E-state index contributed by atoms with van der Waals surface area (Å²) in [6.45, 7) is 4.47. The number of ether oxygens (including phenoxy) is 1. The van der Waals surface area contributed by atoms with Gasteiger partial charge < -0.3 is 14.7 Å². The number of benzene rings is 2. The smallest absolute Gasteiger partial charge is 0.264 e. The number of hydrogen-bond acceptors (Lipinski definition) is 5. The topological polar surface area (TPSA) is 66.8 Å². The Kier molecular flexibility index (Phi) is 5.45. The van der Waals surface area contributed by atoms with Gasteiger partial charge in [0.15, 0.2) is 11.4 Å². The number of anilines is 1. The van der Waals surface area contributed by atoms with E-state index in [0.717, 1.165) is 16.2 Å². The molecule has 6 heteroatoms. The Morgan fingerprint density at radius 3 is 2.50 bits per heavy atom. The summed E-state index contributed by atoms with van der Waals surface area (Å²) in [4.78, 5) is 29.0. The standard InChI is InChI=1S/C24H23NO4S/c1-16-7-10-18(11-8-16)29-14-13-25-20-6-4-3-5-19(20)24(28,23(25)27)15-21(26)22-12-9-17(2)30-22/h3-12,28H,13-15H2,1-2H3. The van der Waals surface area contributed by atoms with Crippen molar-refractivity contribution < 1.29 is 19.4 Å². The highest BCUT2D eigenvalue weighted by Gasteiger charge is 2.50. The molecule has 1 atom stereocenters. The number of para-hydroxylation sites is 1. The quantitative estimate of drug-likeness (QED) is 0.579. The monoisotopic (exact) mass is 421 g/mol. The van der Waals surface area contributed by atoms with Gasteiger partial charge in [-0.05, 0) is 44.2 Å². The van der Waals surface area contributed by atoms with Gasteiger partial charge in [-0.2, -0.15) is 0 Å². The lowest BCUT2D eigenvalue weighted by atomic mass is 9.89. The Balaban J connectivity index is 1.52. The van der Waals surface area contributed by atoms with Crippen LogP contribution in [0.25, 0.3) is 0 Å². The van der Waals surface area contributed by atoms with E-state index >= 15 is 0 Å². The molecule has 1 unspecified atom stereocenters. The first-order chi connectivity index (χ1) is 14.4. The normalized spacial score (nSPS) is 17.8. The van der Waals surface area contributed by atoms with E-state index in [1.54, 1.807) is 24.3 Å². The van der Waals surface area contributed by atoms with Crippen molar-refractivity contribution in [1.29, 1.82) is 0 Å². The molecule has 1 amide bonds. The third-order valence-electron chi connectivity index (χ3n) is 5.28. The van der Waals surface area contributed by atoms with E-state index in [1.165, 1.54) is 16.2 Å². The molecule has 0 fully saturated rings. The molecule has 0 spiro atoms. The lowest BCUT2D eigenvalue weighted by Crippen LogP contribution is -2.43. The fraction of sp³-hybridized carbons (Fsp3) is 0.250. The second kappa shape index (κ2) is 8.05. The number of carbonyl (C=O) groups is 2. The van der Waals surface area contributed by atoms with Crippen molar-refractivity contribution in [2.75, 3.05) is 18.1 Å². The van der Waals surface area contributed by atoms with Crippen LogP contribution in [0.1, 0.15) is 32.1 Å². The highest BCUT2D eigenvalue weighted by atomic mass is 32.1. The van der Waals surface area contributed by atoms with Gasteiger partial charge in [0.2, 0.25) is 0 Å². The minimum absolute atomic E-state index is 0.239. The van der Waals surface area contributed by atoms with E-state index in [4.69, 9.17) is 4.74 Å². The van der Waals surface area contributed by atoms with Crippen molar-refractivity contribution in [1.82, 2.24) is 0 Å². The Hall–Kier alpha value is -2.96. The third kappa shape index (κ3) is 3.76. The van der Waals surface area contributed by atoms with Crippen LogP contribution in [0.15, 0.2) is 60.7 Å². The molecule has 2 aromatic carbocycles. The number of aliphatic hydroxyl groups is 1. The average Bonchev–Trinajstić information content (AvgIpc) is 3.26. The minimum atomic E-state index is -1.87. The van der Waals surface area contributed by atoms with E-state index < -0.39 is 11.5 Å². The number of aryl methyl sites for hydroxylation is 2. The zero-order valence-corrected chi connectivity index (χ0v) is 17.7. The number of carbonyl (C=O) groups excluding carboxylic acids is 2. The molecule has 1 N–H and O–H groups in total. The van der Waals surface area contributed by atoms with E-state index in [9.17, 15) is 14.7 Å². The number of thiophene rings is 1. The first kappa shape index (κ1) is 20.3. The number of amides is 1. The summed E-state index contributed by atoms with van der Waals surface area (Å²) in [5.74, 6) is -0.00613. The molecule has 1 aliphatic rings. The molecule has 0 saturated carbocycles. The van der Waals surface area contributed by atoms with Crippen LogP contribution in [0.2, 0.25) is 0 Å². The van der Waals surface area contributed by atoms with Gasteiger partial charge in [-0.3, -0.25) is 9.59 Å². The van der Waals surface area contributed by atoms with Crippen molar-refractivity contribution in [2.45, 2.75) is 25.9 Å². The first-order valence-electron chi connectivity index (χ1n) is 9.81. The van der Waals surface area contributed by atoms with Crippen LogP contribution in [-0.2, 0) is 10.4 Å². The summed E-state index contributed by atoms with van der Waals surface area (Å²) >= 11 is 1.37. The summed E-state index contributed by atoms with van der Waals surface area (Å²) in [6.07, 6.45) is -0.280. The van der Waals surface area contributed by atoms with E-state index in [-0.39, 0.29) is 25.4 Å². The number of ketones is 1. The summed E-state index contributed by atoms with van der Waals surface area (Å²) in [6, 6.07) is 18.4. The second-order valence-corrected chi connectivity index (χ2v) is 8.79. The van der Waals surface area contributed by atoms with Gasteiger partial charge in [-0.25, -0.2) is 0 Å². The maximum absolute atomic E-state index is 13.2. The Morgan fingerprint density at radius 1 is 1.07 bits per heavy atom. The van der Waals surface area contributed by atoms with Crippen molar-refractivity contribution in [3.8, 4) is 5.75 Å². The van der Waals surface area contributed by atoms with Crippen molar-refractivity contribution in [3.05, 3.63) is 81.5 Å². The molecule has 2 heterocycles. The fourth-order valence-electron chi connectivity index (χ4n) is 3.69. The van der Waals surface area contributed by atoms with Gasteiger partial charge in [0.25, 0.3) is 5.91 Å². The highest BCUT2D eigenvalue weighted by molar-refractivity contribution is 7.14. The van der Waals surface area contributed by atoms with Gasteiger partial charge >= 0.3 is 0 Å². The summed E-state index contributed by atoms with van der Waals surface area (Å²) in [7, 11) is 0. The molecule has 1 aromatic heterocycles. The highest BCUT2D eigenvalue weighted by Crippen LogP contribution is 2.43. The van der Waals surface area contributed by atoms with Gasteiger partial charge in [-0.15, -0.1) is 11.3 Å². The van der Waals surface area contributed by atoms with E-state index in [2.05, 4.69) is 0 Å². The van der Waals surface area contributed by atoms with Crippen LogP contribution < -0.4 is 9.64 Å². The largest absolute Gasteiger partial charge is 0.492 e. The molecule has 0 bridgehead atoms. The summed E-state index contributed by atoms with van der Waals surface area (Å²) < 4.78 is 5.77. The number of rotatable bonds is 7. The molecule has 154 valence electrons. The molecule has 3 aromatic rings. The average molecular weight is 422 g/mol. The van der Waals surface area contributed by atoms with E-state index in [1.807, 2.05) is 50.2 Å². The fourth-order valence-corrected chi connectivity index (χ4v) is 4.50. The third-order valence-corrected chi connectivity index (χ3v) is 6.32. The molecule has 4 rings (SSSR count). The molecular formula is C24H23NO4S. The number of nitrogens with zero attached hydrogens (tertiary/aromatic N) is 1. The summed E-state index contributed by atoms with van der Waals surface area (Å²) in [5.41, 5.74) is 0.358. The molecule has 0 saturated heterocycles. The Labute approximate surface area is 179 Å². The zero-order chi connectivity index (χ0) is 21.3. The maximum atomic E-state index is 13.2. The van der Waals surface area contributed by atoms with Gasteiger partial charge in [-0.1, -0.05) is 35.9 Å². The van der Waals surface area contributed by atoms with E-state index in [0.29, 0.717) is 16.1 Å². The predicted molar refractivity (Wildman–Crippen MR) is 117 cm³/mol. The molecule has 0 aliphatic carbocycles. The van der Waals surface area contributed by atoms with Crippen LogP contribution in [0, 0.1) is 13.8 Å². The Morgan fingerprint density at radius 2 is 1.80 bits per heavy atom. The number of hydrogen-bond donors (Lipinski definition) is 1. The van der Waals surface area contributed by atoms with Gasteiger partial charge in [0.1, 0.15) is 12.4 Å². The number of fused-ring (bicyclic) bond motifs is 1. The van der Waals surface area contributed by atoms with Crippen LogP contribution in [-0.4, -0.2) is 29.9 Å². The van der Waals surface area contributed by atoms with Crippen molar-refractivity contribution in [2.24, 2.45) is 0 Å².